The molecule has 0 bridgehead atoms. The lowest BCUT2D eigenvalue weighted by Gasteiger charge is -2.28. The lowest BCUT2D eigenvalue weighted by molar-refractivity contribution is 0.122. The highest BCUT2D eigenvalue weighted by Crippen LogP contribution is 2.23. The molecule has 0 amide bonds. The molecule has 0 aliphatic carbocycles. The lowest BCUT2D eigenvalue weighted by atomic mass is 10.3. The van der Waals surface area contributed by atoms with E-state index in [0.29, 0.717) is 37.2 Å². The molecular formula is C25H31N5O4S. The zero-order valence-corrected chi connectivity index (χ0v) is 20.8. The summed E-state index contributed by atoms with van der Waals surface area (Å²) in [6, 6.07) is 15.3. The van der Waals surface area contributed by atoms with Crippen LogP contribution < -0.4 is 19.7 Å². The number of ether oxygens (including phenoxy) is 2. The number of unbranched alkanes of at least 4 members (excludes halogenated alkanes) is 1. The van der Waals surface area contributed by atoms with Gasteiger partial charge < -0.3 is 19.7 Å². The van der Waals surface area contributed by atoms with Crippen LogP contribution in [-0.4, -0.2) is 51.3 Å². The Balaban J connectivity index is 1.39. The Labute approximate surface area is 206 Å². The fourth-order valence-electron chi connectivity index (χ4n) is 3.58. The van der Waals surface area contributed by atoms with E-state index in [4.69, 9.17) is 9.47 Å². The van der Waals surface area contributed by atoms with E-state index < -0.39 is 10.0 Å². The average Bonchev–Trinajstić information content (AvgIpc) is 2.86. The summed E-state index contributed by atoms with van der Waals surface area (Å²) >= 11 is 0. The highest BCUT2D eigenvalue weighted by Gasteiger charge is 2.16. The quantitative estimate of drug-likeness (QED) is 0.399. The third kappa shape index (κ3) is 6.83. The lowest BCUT2D eigenvalue weighted by Crippen LogP contribution is -2.36. The van der Waals surface area contributed by atoms with E-state index in [1.54, 1.807) is 48.5 Å². The van der Waals surface area contributed by atoms with Gasteiger partial charge in [-0.1, -0.05) is 13.3 Å². The van der Waals surface area contributed by atoms with Crippen LogP contribution >= 0.6 is 0 Å². The molecule has 1 aliphatic rings. The molecule has 0 spiro atoms. The Morgan fingerprint density at radius 2 is 1.69 bits per heavy atom. The fraction of sp³-hybridized carbons (Fsp3) is 0.360. The van der Waals surface area contributed by atoms with Gasteiger partial charge in [0.25, 0.3) is 10.0 Å². The molecule has 2 N–H and O–H groups in total. The number of rotatable bonds is 10. The van der Waals surface area contributed by atoms with Gasteiger partial charge >= 0.3 is 0 Å². The molecule has 1 saturated heterocycles. The summed E-state index contributed by atoms with van der Waals surface area (Å²) in [5, 5.41) is 3.20. The van der Waals surface area contributed by atoms with Crippen LogP contribution in [0.1, 0.15) is 25.5 Å². The monoisotopic (exact) mass is 497 g/mol. The van der Waals surface area contributed by atoms with Gasteiger partial charge in [0, 0.05) is 36.2 Å². The van der Waals surface area contributed by atoms with Crippen molar-refractivity contribution >= 4 is 33.2 Å². The molecule has 1 aliphatic heterocycles. The molecule has 186 valence electrons. The molecular weight excluding hydrogens is 466 g/mol. The standard InChI is InChI=1S/C25H31N5O4S/c1-3-4-15-34-22-9-11-23(12-10-22)35(31,32)29-21-7-5-20(6-8-21)27-25-26-19(2)18-24(28-25)30-13-16-33-17-14-30/h5-12,18,29H,3-4,13-17H2,1-2H3,(H,26,27,28). The number of anilines is 4. The Hall–Kier alpha value is -3.37. The highest BCUT2D eigenvalue weighted by atomic mass is 32.2. The summed E-state index contributed by atoms with van der Waals surface area (Å²) in [5.74, 6) is 2.00. The summed E-state index contributed by atoms with van der Waals surface area (Å²) < 4.78 is 39.2. The van der Waals surface area contributed by atoms with Gasteiger partial charge in [-0.3, -0.25) is 4.72 Å². The van der Waals surface area contributed by atoms with Crippen LogP contribution in [-0.2, 0) is 14.8 Å². The maximum atomic E-state index is 12.8. The zero-order chi connectivity index (χ0) is 24.7. The van der Waals surface area contributed by atoms with Crippen LogP contribution in [0.2, 0.25) is 0 Å². The van der Waals surface area contributed by atoms with E-state index in [0.717, 1.165) is 43.1 Å². The van der Waals surface area contributed by atoms with Gasteiger partial charge in [-0.2, -0.15) is 4.98 Å². The van der Waals surface area contributed by atoms with Gasteiger partial charge in [0.15, 0.2) is 0 Å². The molecule has 1 fully saturated rings. The van der Waals surface area contributed by atoms with Gasteiger partial charge in [-0.15, -0.1) is 0 Å². The van der Waals surface area contributed by atoms with Gasteiger partial charge in [-0.25, -0.2) is 13.4 Å². The predicted octanol–water partition coefficient (Wildman–Crippen LogP) is 4.34. The molecule has 3 aromatic rings. The number of benzene rings is 2. The number of nitrogens with one attached hydrogen (secondary N) is 2. The molecule has 0 unspecified atom stereocenters. The molecule has 1 aromatic heterocycles. The van der Waals surface area contributed by atoms with E-state index in [2.05, 4.69) is 31.8 Å². The third-order valence-corrected chi connectivity index (χ3v) is 6.87. The summed E-state index contributed by atoms with van der Waals surface area (Å²) in [6.07, 6.45) is 2.00. The first kappa shape index (κ1) is 24.7. The van der Waals surface area contributed by atoms with Crippen molar-refractivity contribution in [1.29, 1.82) is 0 Å². The first-order chi connectivity index (χ1) is 16.9. The minimum atomic E-state index is -3.72. The first-order valence-corrected chi connectivity index (χ1v) is 13.2. The SMILES string of the molecule is CCCCOc1ccc(S(=O)(=O)Nc2ccc(Nc3nc(C)cc(N4CCOCC4)n3)cc2)cc1. The minimum Gasteiger partial charge on any atom is -0.494 e. The molecule has 0 atom stereocenters. The Kier molecular flexibility index (Phi) is 8.04. The normalized spacial score (nSPS) is 13.9. The van der Waals surface area contributed by atoms with Crippen molar-refractivity contribution in [2.45, 2.75) is 31.6 Å². The third-order valence-electron chi connectivity index (χ3n) is 5.47. The summed E-state index contributed by atoms with van der Waals surface area (Å²) in [7, 11) is -3.72. The van der Waals surface area contributed by atoms with Gasteiger partial charge in [0.05, 0.1) is 24.7 Å². The van der Waals surface area contributed by atoms with Crippen molar-refractivity contribution < 1.29 is 17.9 Å². The molecule has 0 radical (unpaired) electrons. The highest BCUT2D eigenvalue weighted by molar-refractivity contribution is 7.92. The summed E-state index contributed by atoms with van der Waals surface area (Å²) in [5.41, 5.74) is 2.06. The second kappa shape index (κ2) is 11.4. The van der Waals surface area contributed by atoms with Crippen LogP contribution in [0.4, 0.5) is 23.1 Å². The number of aromatic nitrogens is 2. The number of sulfonamides is 1. The topological polar surface area (TPSA) is 106 Å². The van der Waals surface area contributed by atoms with Gasteiger partial charge in [-0.05, 0) is 61.9 Å². The molecule has 35 heavy (non-hydrogen) atoms. The minimum absolute atomic E-state index is 0.173. The van der Waals surface area contributed by atoms with Crippen molar-refractivity contribution in [3.8, 4) is 5.75 Å². The molecule has 0 saturated carbocycles. The van der Waals surface area contributed by atoms with Crippen LogP contribution in [0, 0.1) is 6.92 Å². The van der Waals surface area contributed by atoms with Crippen molar-refractivity contribution in [1.82, 2.24) is 9.97 Å². The van der Waals surface area contributed by atoms with E-state index in [1.807, 2.05) is 13.0 Å². The largest absolute Gasteiger partial charge is 0.494 e. The molecule has 4 rings (SSSR count). The smallest absolute Gasteiger partial charge is 0.261 e. The maximum Gasteiger partial charge on any atom is 0.261 e. The van der Waals surface area contributed by atoms with E-state index in [1.165, 1.54) is 0 Å². The summed E-state index contributed by atoms with van der Waals surface area (Å²) in [6.45, 7) is 7.58. The van der Waals surface area contributed by atoms with E-state index >= 15 is 0 Å². The second-order valence-electron chi connectivity index (χ2n) is 8.27. The molecule has 2 heterocycles. The molecule has 9 nitrogen and oxygen atoms in total. The van der Waals surface area contributed by atoms with Crippen molar-refractivity contribution in [2.24, 2.45) is 0 Å². The Bertz CT molecular complexity index is 1210. The molecule has 10 heteroatoms. The second-order valence-corrected chi connectivity index (χ2v) is 9.95. The molecule has 2 aromatic carbocycles. The van der Waals surface area contributed by atoms with Gasteiger partial charge in [0.1, 0.15) is 11.6 Å². The van der Waals surface area contributed by atoms with Gasteiger partial charge in [0.2, 0.25) is 5.95 Å². The predicted molar refractivity (Wildman–Crippen MR) is 137 cm³/mol. The number of hydrogen-bond donors (Lipinski definition) is 2. The maximum absolute atomic E-state index is 12.8. The number of morpholine rings is 1. The van der Waals surface area contributed by atoms with Crippen LogP contribution in [0.3, 0.4) is 0 Å². The van der Waals surface area contributed by atoms with Crippen LogP contribution in [0.15, 0.2) is 59.5 Å². The van der Waals surface area contributed by atoms with Crippen molar-refractivity contribution in [3.63, 3.8) is 0 Å². The number of hydrogen-bond acceptors (Lipinski definition) is 8. The Morgan fingerprint density at radius 3 is 2.37 bits per heavy atom. The summed E-state index contributed by atoms with van der Waals surface area (Å²) in [4.78, 5) is 11.4. The average molecular weight is 498 g/mol. The van der Waals surface area contributed by atoms with E-state index in [-0.39, 0.29) is 4.90 Å². The fourth-order valence-corrected chi connectivity index (χ4v) is 4.64. The first-order valence-electron chi connectivity index (χ1n) is 11.7. The van der Waals surface area contributed by atoms with Crippen LogP contribution in [0.25, 0.3) is 0 Å². The van der Waals surface area contributed by atoms with Crippen molar-refractivity contribution in [2.75, 3.05) is 47.8 Å². The van der Waals surface area contributed by atoms with E-state index in [9.17, 15) is 8.42 Å². The Morgan fingerprint density at radius 1 is 1.00 bits per heavy atom. The number of nitrogens with zero attached hydrogens (tertiary/aromatic N) is 3. The van der Waals surface area contributed by atoms with Crippen LogP contribution in [0.5, 0.6) is 5.75 Å². The zero-order valence-electron chi connectivity index (χ0n) is 20.0. The van der Waals surface area contributed by atoms with Crippen molar-refractivity contribution in [3.05, 3.63) is 60.3 Å². The number of aryl methyl sites for hydroxylation is 1.